The molecule has 1 heterocycles. The first-order valence-corrected chi connectivity index (χ1v) is 5.88. The molecule has 5 nitrogen and oxygen atoms in total. The van der Waals surface area contributed by atoms with Gasteiger partial charge in [-0.05, 0) is 49.5 Å². The van der Waals surface area contributed by atoms with Crippen molar-refractivity contribution in [2.45, 2.75) is 12.8 Å². The Hall–Kier alpha value is -1.88. The third kappa shape index (κ3) is 2.51. The fourth-order valence-corrected chi connectivity index (χ4v) is 2.38. The number of hydrogen-bond donors (Lipinski definition) is 3. The maximum Gasteiger partial charge on any atom is 0.335 e. The van der Waals surface area contributed by atoms with E-state index in [0.717, 1.165) is 19.5 Å². The molecule has 5 heteroatoms. The standard InChI is InChI=1S/C13H15NO4/c15-12(16)9-2-1-3-10(13(17)18)11(9)6-8-4-5-14-7-8/h1-3,8,14H,4-7H2,(H,15,16)(H,17,18). The van der Waals surface area contributed by atoms with Gasteiger partial charge in [-0.25, -0.2) is 9.59 Å². The maximum absolute atomic E-state index is 11.2. The Morgan fingerprint density at radius 1 is 1.22 bits per heavy atom. The second kappa shape index (κ2) is 5.18. The molecular weight excluding hydrogens is 234 g/mol. The van der Waals surface area contributed by atoms with Crippen molar-refractivity contribution < 1.29 is 19.8 Å². The highest BCUT2D eigenvalue weighted by molar-refractivity contribution is 5.96. The maximum atomic E-state index is 11.2. The molecule has 3 N–H and O–H groups in total. The van der Waals surface area contributed by atoms with Crippen LogP contribution in [0, 0.1) is 5.92 Å². The molecule has 0 bridgehead atoms. The zero-order chi connectivity index (χ0) is 13.1. The van der Waals surface area contributed by atoms with Crippen LogP contribution in [0.1, 0.15) is 32.7 Å². The molecule has 1 aliphatic rings. The molecule has 2 rings (SSSR count). The number of aromatic carboxylic acids is 2. The van der Waals surface area contributed by atoms with E-state index in [4.69, 9.17) is 10.2 Å². The van der Waals surface area contributed by atoms with Crippen molar-refractivity contribution in [1.82, 2.24) is 5.32 Å². The lowest BCUT2D eigenvalue weighted by Gasteiger charge is -2.13. The predicted molar refractivity (Wildman–Crippen MR) is 65.0 cm³/mol. The van der Waals surface area contributed by atoms with E-state index in [1.54, 1.807) is 0 Å². The quantitative estimate of drug-likeness (QED) is 0.747. The van der Waals surface area contributed by atoms with Gasteiger partial charge in [-0.2, -0.15) is 0 Å². The molecule has 0 aromatic heterocycles. The molecule has 1 aliphatic heterocycles. The topological polar surface area (TPSA) is 86.6 Å². The van der Waals surface area contributed by atoms with Crippen molar-refractivity contribution in [3.63, 3.8) is 0 Å². The highest BCUT2D eigenvalue weighted by atomic mass is 16.4. The molecular formula is C13H15NO4. The Labute approximate surface area is 104 Å². The van der Waals surface area contributed by atoms with Gasteiger partial charge in [0.15, 0.2) is 0 Å². The molecule has 1 fully saturated rings. The lowest BCUT2D eigenvalue weighted by molar-refractivity contribution is 0.0695. The average Bonchev–Trinajstić information content (AvgIpc) is 2.81. The summed E-state index contributed by atoms with van der Waals surface area (Å²) in [6.45, 7) is 1.72. The van der Waals surface area contributed by atoms with E-state index in [0.29, 0.717) is 17.9 Å². The van der Waals surface area contributed by atoms with Crippen LogP contribution in [0.3, 0.4) is 0 Å². The predicted octanol–water partition coefficient (Wildman–Crippen LogP) is 1.24. The summed E-state index contributed by atoms with van der Waals surface area (Å²) in [4.78, 5) is 22.3. The van der Waals surface area contributed by atoms with Gasteiger partial charge in [0.1, 0.15) is 0 Å². The largest absolute Gasteiger partial charge is 0.478 e. The molecule has 96 valence electrons. The van der Waals surface area contributed by atoms with Gasteiger partial charge < -0.3 is 15.5 Å². The first-order valence-electron chi connectivity index (χ1n) is 5.88. The van der Waals surface area contributed by atoms with E-state index in [1.807, 2.05) is 0 Å². The normalized spacial score (nSPS) is 18.8. The molecule has 1 unspecified atom stereocenters. The van der Waals surface area contributed by atoms with Gasteiger partial charge in [0.25, 0.3) is 0 Å². The van der Waals surface area contributed by atoms with E-state index >= 15 is 0 Å². The van der Waals surface area contributed by atoms with Crippen LogP contribution in [0.15, 0.2) is 18.2 Å². The van der Waals surface area contributed by atoms with Crippen molar-refractivity contribution >= 4 is 11.9 Å². The Kier molecular flexibility index (Phi) is 3.62. The van der Waals surface area contributed by atoms with Crippen LogP contribution in [0.4, 0.5) is 0 Å². The summed E-state index contributed by atoms with van der Waals surface area (Å²) in [7, 11) is 0. The minimum absolute atomic E-state index is 0.0989. The third-order valence-corrected chi connectivity index (χ3v) is 3.29. The van der Waals surface area contributed by atoms with Gasteiger partial charge in [-0.1, -0.05) is 6.07 Å². The number of rotatable bonds is 4. The Balaban J connectivity index is 2.39. The number of nitrogens with one attached hydrogen (secondary N) is 1. The molecule has 0 aliphatic carbocycles. The molecule has 0 radical (unpaired) electrons. The van der Waals surface area contributed by atoms with Gasteiger partial charge >= 0.3 is 11.9 Å². The van der Waals surface area contributed by atoms with Crippen LogP contribution in [0.25, 0.3) is 0 Å². The number of benzene rings is 1. The molecule has 1 aromatic rings. The van der Waals surface area contributed by atoms with Crippen LogP contribution in [0.5, 0.6) is 0 Å². The van der Waals surface area contributed by atoms with Gasteiger partial charge in [-0.3, -0.25) is 0 Å². The minimum Gasteiger partial charge on any atom is -0.478 e. The number of carbonyl (C=O) groups is 2. The van der Waals surface area contributed by atoms with E-state index in [1.165, 1.54) is 18.2 Å². The Morgan fingerprint density at radius 2 is 1.83 bits per heavy atom. The first-order chi connectivity index (χ1) is 8.59. The lowest BCUT2D eigenvalue weighted by Crippen LogP contribution is -2.16. The van der Waals surface area contributed by atoms with E-state index in [9.17, 15) is 9.59 Å². The number of carboxylic acid groups (broad SMARTS) is 2. The van der Waals surface area contributed by atoms with Gasteiger partial charge in [0.2, 0.25) is 0 Å². The highest BCUT2D eigenvalue weighted by Crippen LogP contribution is 2.22. The third-order valence-electron chi connectivity index (χ3n) is 3.29. The smallest absolute Gasteiger partial charge is 0.335 e. The van der Waals surface area contributed by atoms with E-state index in [2.05, 4.69) is 5.32 Å². The molecule has 0 amide bonds. The summed E-state index contributed by atoms with van der Waals surface area (Å²) >= 11 is 0. The molecule has 0 spiro atoms. The lowest BCUT2D eigenvalue weighted by atomic mass is 9.91. The van der Waals surface area contributed by atoms with E-state index in [-0.39, 0.29) is 11.1 Å². The first kappa shape index (κ1) is 12.6. The molecule has 0 saturated carbocycles. The van der Waals surface area contributed by atoms with Crippen LogP contribution < -0.4 is 5.32 Å². The van der Waals surface area contributed by atoms with Gasteiger partial charge in [0.05, 0.1) is 11.1 Å². The van der Waals surface area contributed by atoms with Crippen LogP contribution in [-0.4, -0.2) is 35.2 Å². The minimum atomic E-state index is -1.07. The molecule has 18 heavy (non-hydrogen) atoms. The fraction of sp³-hybridized carbons (Fsp3) is 0.385. The second-order valence-electron chi connectivity index (χ2n) is 4.50. The van der Waals surface area contributed by atoms with Gasteiger partial charge in [0, 0.05) is 0 Å². The van der Waals surface area contributed by atoms with Crippen LogP contribution >= 0.6 is 0 Å². The molecule has 1 atom stereocenters. The molecule has 1 saturated heterocycles. The molecule has 1 aromatic carbocycles. The van der Waals surface area contributed by atoms with Gasteiger partial charge in [-0.15, -0.1) is 0 Å². The van der Waals surface area contributed by atoms with Crippen molar-refractivity contribution in [3.8, 4) is 0 Å². The average molecular weight is 249 g/mol. The Morgan fingerprint density at radius 3 is 2.28 bits per heavy atom. The summed E-state index contributed by atoms with van der Waals surface area (Å²) < 4.78 is 0. The van der Waals surface area contributed by atoms with Crippen LogP contribution in [0.2, 0.25) is 0 Å². The van der Waals surface area contributed by atoms with Crippen molar-refractivity contribution in [2.75, 3.05) is 13.1 Å². The Bertz CT molecular complexity index is 446. The highest BCUT2D eigenvalue weighted by Gasteiger charge is 2.23. The zero-order valence-electron chi connectivity index (χ0n) is 9.85. The SMILES string of the molecule is O=C(O)c1cccc(C(=O)O)c1CC1CCNC1. The van der Waals surface area contributed by atoms with Crippen molar-refractivity contribution in [3.05, 3.63) is 34.9 Å². The van der Waals surface area contributed by atoms with Crippen LogP contribution in [-0.2, 0) is 6.42 Å². The van der Waals surface area contributed by atoms with E-state index < -0.39 is 11.9 Å². The van der Waals surface area contributed by atoms with Crippen molar-refractivity contribution in [2.24, 2.45) is 5.92 Å². The summed E-state index contributed by atoms with van der Waals surface area (Å²) in [5, 5.41) is 21.5. The summed E-state index contributed by atoms with van der Waals surface area (Å²) in [5.41, 5.74) is 0.634. The second-order valence-corrected chi connectivity index (χ2v) is 4.50. The summed E-state index contributed by atoms with van der Waals surface area (Å²) in [6.07, 6.45) is 1.45. The number of carboxylic acids is 2. The van der Waals surface area contributed by atoms with Crippen molar-refractivity contribution in [1.29, 1.82) is 0 Å². The number of hydrogen-bond acceptors (Lipinski definition) is 3. The monoisotopic (exact) mass is 249 g/mol. The summed E-state index contributed by atoms with van der Waals surface area (Å²) in [6, 6.07) is 4.41. The zero-order valence-corrected chi connectivity index (χ0v) is 9.85. The summed E-state index contributed by atoms with van der Waals surface area (Å²) in [5.74, 6) is -1.83. The fourth-order valence-electron chi connectivity index (χ4n) is 2.38.